The van der Waals surface area contributed by atoms with Gasteiger partial charge in [0.05, 0.1) is 22.3 Å². The van der Waals surface area contributed by atoms with E-state index in [2.05, 4.69) is 15.1 Å². The van der Waals surface area contributed by atoms with Crippen molar-refractivity contribution in [1.29, 1.82) is 0 Å². The number of hydrogen-bond acceptors (Lipinski definition) is 7. The number of benzene rings is 1. The van der Waals surface area contributed by atoms with Crippen LogP contribution in [0.3, 0.4) is 0 Å². The van der Waals surface area contributed by atoms with E-state index in [-0.39, 0.29) is 34.8 Å². The number of aldehydes is 1. The lowest BCUT2D eigenvalue weighted by Gasteiger charge is -2.17. The summed E-state index contributed by atoms with van der Waals surface area (Å²) in [5.41, 5.74) is -3.58. The van der Waals surface area contributed by atoms with E-state index in [9.17, 15) is 35.9 Å². The molecule has 0 fully saturated rings. The molecule has 0 radical (unpaired) electrons. The molecule has 1 unspecified atom stereocenters. The van der Waals surface area contributed by atoms with Gasteiger partial charge in [0.25, 0.3) is 5.56 Å². The maximum absolute atomic E-state index is 14.3. The predicted octanol–water partition coefficient (Wildman–Crippen LogP) is 5.42. The number of carbonyl (C=O) groups excluding carboxylic acids is 1. The van der Waals surface area contributed by atoms with Gasteiger partial charge in [-0.3, -0.25) is 9.59 Å². The van der Waals surface area contributed by atoms with Crippen LogP contribution in [0.25, 0.3) is 17.5 Å². The lowest BCUT2D eigenvalue weighted by molar-refractivity contribution is -0.140. The maximum atomic E-state index is 14.3. The quantitative estimate of drug-likeness (QED) is 0.271. The van der Waals surface area contributed by atoms with E-state index in [1.54, 1.807) is 17.0 Å². The lowest BCUT2D eigenvalue weighted by Crippen LogP contribution is -2.22. The summed E-state index contributed by atoms with van der Waals surface area (Å²) >= 11 is 5.71. The number of rotatable bonds is 8. The maximum Gasteiger partial charge on any atom is 0.425 e. The van der Waals surface area contributed by atoms with Crippen LogP contribution in [-0.2, 0) is 6.18 Å². The first kappa shape index (κ1) is 31.3. The molecule has 1 aromatic carbocycles. The summed E-state index contributed by atoms with van der Waals surface area (Å²) in [6, 6.07) is 1.27. The number of nitrogens with one attached hydrogen (secondary N) is 1. The zero-order chi connectivity index (χ0) is 29.3. The van der Waals surface area contributed by atoms with Gasteiger partial charge in [-0.25, -0.2) is 28.2 Å². The first-order valence-corrected chi connectivity index (χ1v) is 11.5. The normalized spacial score (nSPS) is 12.1. The zero-order valence-corrected chi connectivity index (χ0v) is 21.2. The van der Waals surface area contributed by atoms with E-state index in [1.807, 2.05) is 6.92 Å². The summed E-state index contributed by atoms with van der Waals surface area (Å²) in [6.45, 7) is 2.04. The topological polar surface area (TPSA) is 112 Å². The van der Waals surface area contributed by atoms with Gasteiger partial charge in [0, 0.05) is 26.0 Å². The highest BCUT2D eigenvalue weighted by atomic mass is 35.5. The van der Waals surface area contributed by atoms with Crippen LogP contribution in [0.5, 0.6) is 5.75 Å². The van der Waals surface area contributed by atoms with Gasteiger partial charge in [-0.1, -0.05) is 24.9 Å². The number of alkyl halides is 4. The summed E-state index contributed by atoms with van der Waals surface area (Å²) < 4.78 is 78.1. The van der Waals surface area contributed by atoms with Crippen LogP contribution in [0.1, 0.15) is 41.3 Å². The average Bonchev–Trinajstić information content (AvgIpc) is 2.85. The van der Waals surface area contributed by atoms with Crippen molar-refractivity contribution in [1.82, 2.24) is 25.1 Å². The molecule has 0 amide bonds. The van der Waals surface area contributed by atoms with E-state index < -0.39 is 46.4 Å². The van der Waals surface area contributed by atoms with E-state index in [1.165, 1.54) is 30.7 Å². The fourth-order valence-electron chi connectivity index (χ4n) is 3.18. The molecule has 2 aromatic heterocycles. The van der Waals surface area contributed by atoms with Crippen LogP contribution in [-0.4, -0.2) is 56.2 Å². The SMILES string of the molecule is CCCC(F)CN(C)/C=C\c1cc(-c2ncc(Cl)cn2)c(F)c(F)c1C=O.O=c1[nH]ncc(O)c1C(F)(F)F. The minimum absolute atomic E-state index is 0.0666. The molecule has 1 atom stereocenters. The molecule has 210 valence electrons. The van der Waals surface area contributed by atoms with Crippen molar-refractivity contribution in [2.75, 3.05) is 13.6 Å². The standard InChI is InChI=1S/C19H19ClF3N3O.C5H3F3N2O2/c1-3-4-14(21)10-26(2)6-5-12-7-15(17(22)18(23)16(12)11-27)19-24-8-13(20)9-25-19;6-5(7,8)3-2(11)1-9-10-4(3)12/h5-9,11,14H,3-4,10H2,1-2H3;1H,(H2,10,11,12)/b6-5-;. The number of aromatic amines is 1. The number of H-pyrrole nitrogens is 1. The van der Waals surface area contributed by atoms with Gasteiger partial charge in [0.2, 0.25) is 0 Å². The molecule has 2 N–H and O–H groups in total. The number of carbonyl (C=O) groups is 1. The largest absolute Gasteiger partial charge is 0.505 e. The number of hydrogen-bond donors (Lipinski definition) is 2. The van der Waals surface area contributed by atoms with Crippen molar-refractivity contribution in [3.8, 4) is 17.1 Å². The summed E-state index contributed by atoms with van der Waals surface area (Å²) in [7, 11) is 1.66. The van der Waals surface area contributed by atoms with Crippen LogP contribution in [0.15, 0.2) is 35.7 Å². The van der Waals surface area contributed by atoms with Crippen LogP contribution in [0, 0.1) is 11.6 Å². The zero-order valence-electron chi connectivity index (χ0n) is 20.4. The average molecular weight is 578 g/mol. The predicted molar refractivity (Wildman–Crippen MR) is 131 cm³/mol. The Bertz CT molecular complexity index is 1370. The Hall–Kier alpha value is -3.94. The Morgan fingerprint density at radius 3 is 2.33 bits per heavy atom. The molecule has 39 heavy (non-hydrogen) atoms. The molecule has 0 aliphatic carbocycles. The Balaban J connectivity index is 0.000000370. The first-order valence-electron chi connectivity index (χ1n) is 11.1. The highest BCUT2D eigenvalue weighted by molar-refractivity contribution is 6.30. The molecule has 0 bridgehead atoms. The Kier molecular flexibility index (Phi) is 11.0. The fourth-order valence-corrected chi connectivity index (χ4v) is 3.28. The minimum Gasteiger partial charge on any atom is -0.505 e. The third-order valence-corrected chi connectivity index (χ3v) is 5.17. The van der Waals surface area contributed by atoms with Gasteiger partial charge < -0.3 is 10.0 Å². The first-order chi connectivity index (χ1) is 18.3. The summed E-state index contributed by atoms with van der Waals surface area (Å²) in [5, 5.41) is 13.4. The van der Waals surface area contributed by atoms with Crippen molar-refractivity contribution in [2.24, 2.45) is 0 Å². The molecule has 15 heteroatoms. The second kappa shape index (κ2) is 13.7. The minimum atomic E-state index is -4.86. The van der Waals surface area contributed by atoms with E-state index in [0.717, 1.165) is 6.42 Å². The molecule has 0 saturated carbocycles. The van der Waals surface area contributed by atoms with Crippen molar-refractivity contribution < 1.29 is 36.2 Å². The van der Waals surface area contributed by atoms with Gasteiger partial charge in [0.15, 0.2) is 35.1 Å². The van der Waals surface area contributed by atoms with Crippen LogP contribution in [0.2, 0.25) is 5.02 Å². The van der Waals surface area contributed by atoms with Crippen molar-refractivity contribution in [2.45, 2.75) is 32.1 Å². The third-order valence-electron chi connectivity index (χ3n) is 4.97. The smallest absolute Gasteiger partial charge is 0.425 e. The summed E-state index contributed by atoms with van der Waals surface area (Å²) in [5.74, 6) is -3.76. The molecular formula is C24H22ClF6N5O3. The fraction of sp³-hybridized carbons (Fsp3) is 0.292. The van der Waals surface area contributed by atoms with E-state index >= 15 is 0 Å². The van der Waals surface area contributed by atoms with E-state index in [0.29, 0.717) is 12.6 Å². The number of aromatic nitrogens is 4. The van der Waals surface area contributed by atoms with Crippen LogP contribution >= 0.6 is 11.6 Å². The lowest BCUT2D eigenvalue weighted by atomic mass is 10.0. The van der Waals surface area contributed by atoms with Gasteiger partial charge in [0.1, 0.15) is 6.17 Å². The Morgan fingerprint density at radius 1 is 1.18 bits per heavy atom. The second-order valence-corrected chi connectivity index (χ2v) is 8.43. The molecule has 3 rings (SSSR count). The van der Waals surface area contributed by atoms with E-state index in [4.69, 9.17) is 16.7 Å². The molecule has 2 heterocycles. The van der Waals surface area contributed by atoms with Crippen molar-refractivity contribution in [3.05, 3.63) is 74.6 Å². The monoisotopic (exact) mass is 577 g/mol. The number of halogens is 7. The molecule has 0 spiro atoms. The van der Waals surface area contributed by atoms with Crippen molar-refractivity contribution in [3.63, 3.8) is 0 Å². The van der Waals surface area contributed by atoms with Gasteiger partial charge in [-0.2, -0.15) is 18.3 Å². The van der Waals surface area contributed by atoms with Gasteiger partial charge in [-0.15, -0.1) is 0 Å². The molecule has 0 saturated heterocycles. The Morgan fingerprint density at radius 2 is 1.82 bits per heavy atom. The molecule has 0 aliphatic heterocycles. The molecular weight excluding hydrogens is 556 g/mol. The van der Waals surface area contributed by atoms with Crippen molar-refractivity contribution >= 4 is 24.0 Å². The Labute approximate surface area is 223 Å². The second-order valence-electron chi connectivity index (χ2n) is 8.00. The third kappa shape index (κ3) is 8.53. The highest BCUT2D eigenvalue weighted by Crippen LogP contribution is 2.31. The molecule has 0 aliphatic rings. The summed E-state index contributed by atoms with van der Waals surface area (Å²) in [4.78, 5) is 31.1. The highest BCUT2D eigenvalue weighted by Gasteiger charge is 2.37. The summed E-state index contributed by atoms with van der Waals surface area (Å²) in [6.07, 6.45) is 1.49. The number of nitrogens with zero attached hydrogens (tertiary/aromatic N) is 4. The van der Waals surface area contributed by atoms with Gasteiger partial charge >= 0.3 is 6.18 Å². The van der Waals surface area contributed by atoms with Gasteiger partial charge in [-0.05, 0) is 30.3 Å². The van der Waals surface area contributed by atoms with Crippen LogP contribution < -0.4 is 5.56 Å². The molecule has 3 aromatic rings. The number of aromatic hydroxyl groups is 1. The van der Waals surface area contributed by atoms with Crippen LogP contribution in [0.4, 0.5) is 26.3 Å². The molecule has 8 nitrogen and oxygen atoms in total.